The van der Waals surface area contributed by atoms with Crippen LogP contribution in [0.25, 0.3) is 0 Å². The second kappa shape index (κ2) is 6.06. The van der Waals surface area contributed by atoms with Crippen LogP contribution in [0.1, 0.15) is 44.2 Å². The summed E-state index contributed by atoms with van der Waals surface area (Å²) in [6, 6.07) is 9.03. The van der Waals surface area contributed by atoms with Crippen molar-refractivity contribution in [3.05, 3.63) is 29.8 Å². The first-order chi connectivity index (χ1) is 8.36. The van der Waals surface area contributed by atoms with Gasteiger partial charge in [-0.25, -0.2) is 0 Å². The van der Waals surface area contributed by atoms with Crippen molar-refractivity contribution < 1.29 is 4.74 Å². The van der Waals surface area contributed by atoms with Crippen molar-refractivity contribution >= 4 is 0 Å². The molecule has 2 nitrogen and oxygen atoms in total. The van der Waals surface area contributed by atoms with Crippen molar-refractivity contribution in [2.75, 3.05) is 20.2 Å². The van der Waals surface area contributed by atoms with Gasteiger partial charge < -0.3 is 4.74 Å². The Bertz CT molecular complexity index is 351. The van der Waals surface area contributed by atoms with Gasteiger partial charge in [0, 0.05) is 11.6 Å². The molecule has 1 heterocycles. The van der Waals surface area contributed by atoms with Crippen LogP contribution in [0.2, 0.25) is 0 Å². The maximum Gasteiger partial charge on any atom is 0.123 e. The van der Waals surface area contributed by atoms with Gasteiger partial charge in [0.15, 0.2) is 0 Å². The summed E-state index contributed by atoms with van der Waals surface area (Å²) >= 11 is 0. The highest BCUT2D eigenvalue weighted by Crippen LogP contribution is 2.36. The summed E-state index contributed by atoms with van der Waals surface area (Å²) in [5.74, 6) is 1.04. The molecule has 1 aromatic carbocycles. The molecule has 2 heteroatoms. The van der Waals surface area contributed by atoms with Crippen molar-refractivity contribution in [2.24, 2.45) is 0 Å². The molecule has 1 aliphatic rings. The van der Waals surface area contributed by atoms with E-state index in [1.54, 1.807) is 7.11 Å². The minimum Gasteiger partial charge on any atom is -0.496 e. The van der Waals surface area contributed by atoms with Crippen LogP contribution >= 0.6 is 0 Å². The number of hydrogen-bond donors (Lipinski definition) is 0. The lowest BCUT2D eigenvalue weighted by Gasteiger charge is -2.25. The molecular formula is C15H23NO. The molecule has 1 unspecified atom stereocenters. The first kappa shape index (κ1) is 12.4. The predicted molar refractivity (Wildman–Crippen MR) is 71.5 cm³/mol. The van der Waals surface area contributed by atoms with E-state index in [2.05, 4.69) is 30.0 Å². The number of unbranched alkanes of at least 4 members (excludes halogenated alkanes) is 1. The molecule has 0 saturated carbocycles. The van der Waals surface area contributed by atoms with Crippen molar-refractivity contribution in [3.8, 4) is 5.75 Å². The molecule has 0 N–H and O–H groups in total. The standard InChI is InChI=1S/C15H23NO/c1-3-4-11-16-12-7-9-14(16)13-8-5-6-10-15(13)17-2/h5-6,8,10,14H,3-4,7,9,11-12H2,1-2H3. The average Bonchev–Trinajstić information content (AvgIpc) is 2.84. The van der Waals surface area contributed by atoms with Crippen LogP contribution in [0.3, 0.4) is 0 Å². The first-order valence-corrected chi connectivity index (χ1v) is 6.73. The Hall–Kier alpha value is -1.02. The molecular weight excluding hydrogens is 210 g/mol. The highest BCUT2D eigenvalue weighted by molar-refractivity contribution is 5.36. The summed E-state index contributed by atoms with van der Waals surface area (Å²) in [6.07, 6.45) is 5.15. The zero-order valence-corrected chi connectivity index (χ0v) is 11.0. The fraction of sp³-hybridized carbons (Fsp3) is 0.600. The van der Waals surface area contributed by atoms with Crippen molar-refractivity contribution in [1.29, 1.82) is 0 Å². The van der Waals surface area contributed by atoms with E-state index in [9.17, 15) is 0 Å². The highest BCUT2D eigenvalue weighted by atomic mass is 16.5. The largest absolute Gasteiger partial charge is 0.496 e. The summed E-state index contributed by atoms with van der Waals surface area (Å²) < 4.78 is 5.48. The first-order valence-electron chi connectivity index (χ1n) is 6.73. The number of methoxy groups -OCH3 is 1. The molecule has 2 rings (SSSR count). The van der Waals surface area contributed by atoms with Crippen LogP contribution in [0.5, 0.6) is 5.75 Å². The van der Waals surface area contributed by atoms with E-state index < -0.39 is 0 Å². The Labute approximate surface area is 105 Å². The van der Waals surface area contributed by atoms with Crippen LogP contribution in [-0.2, 0) is 0 Å². The second-order valence-corrected chi connectivity index (χ2v) is 4.79. The molecule has 17 heavy (non-hydrogen) atoms. The third-order valence-corrected chi connectivity index (χ3v) is 3.66. The molecule has 1 atom stereocenters. The second-order valence-electron chi connectivity index (χ2n) is 4.79. The molecule has 0 aromatic heterocycles. The monoisotopic (exact) mass is 233 g/mol. The van der Waals surface area contributed by atoms with Crippen molar-refractivity contribution in [3.63, 3.8) is 0 Å². The lowest BCUT2D eigenvalue weighted by molar-refractivity contribution is 0.247. The number of benzene rings is 1. The zero-order chi connectivity index (χ0) is 12.1. The Morgan fingerprint density at radius 1 is 1.35 bits per heavy atom. The molecule has 1 fully saturated rings. The summed E-state index contributed by atoms with van der Waals surface area (Å²) in [4.78, 5) is 2.61. The van der Waals surface area contributed by atoms with Gasteiger partial charge in [0.1, 0.15) is 5.75 Å². The van der Waals surface area contributed by atoms with Gasteiger partial charge in [-0.3, -0.25) is 4.90 Å². The van der Waals surface area contributed by atoms with Gasteiger partial charge in [-0.05, 0) is 38.4 Å². The fourth-order valence-corrected chi connectivity index (χ4v) is 2.75. The van der Waals surface area contributed by atoms with E-state index >= 15 is 0 Å². The molecule has 0 spiro atoms. The molecule has 94 valence electrons. The average molecular weight is 233 g/mol. The lowest BCUT2D eigenvalue weighted by atomic mass is 10.0. The number of para-hydroxylation sites is 1. The quantitative estimate of drug-likeness (QED) is 0.770. The number of likely N-dealkylation sites (tertiary alicyclic amines) is 1. The van der Waals surface area contributed by atoms with E-state index in [0.717, 1.165) is 5.75 Å². The zero-order valence-electron chi connectivity index (χ0n) is 11.0. The van der Waals surface area contributed by atoms with Crippen LogP contribution in [0.4, 0.5) is 0 Å². The third-order valence-electron chi connectivity index (χ3n) is 3.66. The van der Waals surface area contributed by atoms with Crippen LogP contribution in [0.15, 0.2) is 24.3 Å². The van der Waals surface area contributed by atoms with E-state index in [1.807, 2.05) is 6.07 Å². The summed E-state index contributed by atoms with van der Waals surface area (Å²) in [5, 5.41) is 0. The van der Waals surface area contributed by atoms with Gasteiger partial charge in [0.2, 0.25) is 0 Å². The SMILES string of the molecule is CCCCN1CCCC1c1ccccc1OC. The van der Waals surface area contributed by atoms with E-state index in [1.165, 1.54) is 44.3 Å². The maximum absolute atomic E-state index is 5.48. The Morgan fingerprint density at radius 2 is 2.18 bits per heavy atom. The number of nitrogens with zero attached hydrogens (tertiary/aromatic N) is 1. The van der Waals surface area contributed by atoms with Gasteiger partial charge in [-0.1, -0.05) is 31.5 Å². The topological polar surface area (TPSA) is 12.5 Å². The molecule has 1 saturated heterocycles. The van der Waals surface area contributed by atoms with Gasteiger partial charge in [0.25, 0.3) is 0 Å². The summed E-state index contributed by atoms with van der Waals surface area (Å²) in [5.41, 5.74) is 1.36. The van der Waals surface area contributed by atoms with E-state index in [-0.39, 0.29) is 0 Å². The Balaban J connectivity index is 2.14. The molecule has 0 bridgehead atoms. The fourth-order valence-electron chi connectivity index (χ4n) is 2.75. The molecule has 1 aromatic rings. The number of hydrogen-bond acceptors (Lipinski definition) is 2. The minimum atomic E-state index is 0.567. The smallest absolute Gasteiger partial charge is 0.123 e. The van der Waals surface area contributed by atoms with Crippen LogP contribution in [0, 0.1) is 0 Å². The highest BCUT2D eigenvalue weighted by Gasteiger charge is 2.27. The van der Waals surface area contributed by atoms with Gasteiger partial charge in [-0.2, -0.15) is 0 Å². The third kappa shape index (κ3) is 2.81. The minimum absolute atomic E-state index is 0.567. The van der Waals surface area contributed by atoms with Crippen LogP contribution < -0.4 is 4.74 Å². The van der Waals surface area contributed by atoms with Gasteiger partial charge >= 0.3 is 0 Å². The summed E-state index contributed by atoms with van der Waals surface area (Å²) in [7, 11) is 1.77. The predicted octanol–water partition coefficient (Wildman–Crippen LogP) is 3.63. The van der Waals surface area contributed by atoms with E-state index in [0.29, 0.717) is 6.04 Å². The maximum atomic E-state index is 5.48. The van der Waals surface area contributed by atoms with E-state index in [4.69, 9.17) is 4.74 Å². The van der Waals surface area contributed by atoms with Crippen LogP contribution in [-0.4, -0.2) is 25.1 Å². The van der Waals surface area contributed by atoms with Gasteiger partial charge in [-0.15, -0.1) is 0 Å². The lowest BCUT2D eigenvalue weighted by Crippen LogP contribution is -2.24. The normalized spacial score (nSPS) is 20.7. The molecule has 1 aliphatic heterocycles. The molecule has 0 amide bonds. The Kier molecular flexibility index (Phi) is 4.43. The number of ether oxygens (including phenoxy) is 1. The number of rotatable bonds is 5. The van der Waals surface area contributed by atoms with Gasteiger partial charge in [0.05, 0.1) is 7.11 Å². The molecule has 0 radical (unpaired) electrons. The van der Waals surface area contributed by atoms with Crippen molar-refractivity contribution in [1.82, 2.24) is 4.90 Å². The Morgan fingerprint density at radius 3 is 2.94 bits per heavy atom. The summed E-state index contributed by atoms with van der Waals surface area (Å²) in [6.45, 7) is 4.72. The van der Waals surface area contributed by atoms with Crippen molar-refractivity contribution in [2.45, 2.75) is 38.6 Å². The molecule has 0 aliphatic carbocycles.